The smallest absolute Gasteiger partial charge is 0.191 e. The third-order valence-corrected chi connectivity index (χ3v) is 4.97. The number of fused-ring (bicyclic) bond motifs is 2. The molecule has 2 aromatic rings. The molecule has 0 atom stereocenters. The van der Waals surface area contributed by atoms with Crippen LogP contribution in [0.3, 0.4) is 0 Å². The highest BCUT2D eigenvalue weighted by Gasteiger charge is 2.31. The van der Waals surface area contributed by atoms with Gasteiger partial charge < -0.3 is 9.47 Å². The molecule has 0 bridgehead atoms. The first-order chi connectivity index (χ1) is 9.41. The fourth-order valence-electron chi connectivity index (χ4n) is 1.68. The third-order valence-electron chi connectivity index (χ3n) is 2.61. The summed E-state index contributed by atoms with van der Waals surface area (Å²) < 4.78 is 11.3. The molecule has 0 aromatic heterocycles. The van der Waals surface area contributed by atoms with Gasteiger partial charge in [-0.25, -0.2) is 0 Å². The number of benzene rings is 2. The Kier molecular flexibility index (Phi) is 3.83. The zero-order valence-corrected chi connectivity index (χ0v) is 13.8. The van der Waals surface area contributed by atoms with Crippen molar-refractivity contribution in [2.75, 3.05) is 0 Å². The van der Waals surface area contributed by atoms with Crippen LogP contribution in [0.5, 0.6) is 23.0 Å². The molecule has 1 aliphatic heterocycles. The van der Waals surface area contributed by atoms with Crippen molar-refractivity contribution in [2.24, 2.45) is 0 Å². The van der Waals surface area contributed by atoms with Gasteiger partial charge in [0.25, 0.3) is 0 Å². The molecule has 104 valence electrons. The van der Waals surface area contributed by atoms with Gasteiger partial charge in [0.2, 0.25) is 0 Å². The summed E-state index contributed by atoms with van der Waals surface area (Å²) in [5.41, 5.74) is 0. The van der Waals surface area contributed by atoms with Gasteiger partial charge in [0.1, 0.15) is 10.0 Å². The summed E-state index contributed by atoms with van der Waals surface area (Å²) in [5, 5.41) is 0.932. The highest BCUT2D eigenvalue weighted by Crippen LogP contribution is 2.59. The summed E-state index contributed by atoms with van der Waals surface area (Å²) in [4.78, 5) is 0. The van der Waals surface area contributed by atoms with Crippen molar-refractivity contribution in [1.29, 1.82) is 0 Å². The average molecular weight is 391 g/mol. The molecule has 3 rings (SSSR count). The maximum absolute atomic E-state index is 6.09. The van der Waals surface area contributed by atoms with Gasteiger partial charge in [0, 0.05) is 0 Å². The molecule has 20 heavy (non-hydrogen) atoms. The second kappa shape index (κ2) is 5.20. The standard InChI is InChI=1S/C12H2Cl6O2/c13-3-1-2-4(14)10-9(3)19-11-7(17)5(15)6(16)8(18)12(11)20-10/h1-2H. The Morgan fingerprint density at radius 3 is 1.20 bits per heavy atom. The summed E-state index contributed by atoms with van der Waals surface area (Å²) >= 11 is 36.2. The number of rotatable bonds is 0. The summed E-state index contributed by atoms with van der Waals surface area (Å²) in [6.07, 6.45) is 0. The fraction of sp³-hybridized carbons (Fsp3) is 0. The van der Waals surface area contributed by atoms with Crippen molar-refractivity contribution in [3.8, 4) is 23.0 Å². The molecule has 8 heteroatoms. The SMILES string of the molecule is Clc1ccc(Cl)c2c1Oc1c(Cl)c(Cl)c(Cl)c(Cl)c1O2. The first-order valence-electron chi connectivity index (χ1n) is 5.11. The highest BCUT2D eigenvalue weighted by molar-refractivity contribution is 6.53. The predicted octanol–water partition coefficient (Wildman–Crippen LogP) is 7.50. The molecular formula is C12H2Cl6O2. The van der Waals surface area contributed by atoms with Crippen molar-refractivity contribution in [3.05, 3.63) is 42.3 Å². The molecule has 0 unspecified atom stereocenters. The van der Waals surface area contributed by atoms with E-state index in [1.807, 2.05) is 0 Å². The van der Waals surface area contributed by atoms with Crippen LogP contribution in [0.4, 0.5) is 0 Å². The maximum atomic E-state index is 6.09. The quantitative estimate of drug-likeness (QED) is 0.292. The lowest BCUT2D eigenvalue weighted by Crippen LogP contribution is -2.02. The Morgan fingerprint density at radius 1 is 0.500 bits per heavy atom. The van der Waals surface area contributed by atoms with Crippen molar-refractivity contribution >= 4 is 69.6 Å². The van der Waals surface area contributed by atoms with Crippen LogP contribution in [0, 0.1) is 0 Å². The monoisotopic (exact) mass is 388 g/mol. The van der Waals surface area contributed by atoms with Crippen molar-refractivity contribution in [3.63, 3.8) is 0 Å². The molecule has 0 saturated carbocycles. The average Bonchev–Trinajstić information content (AvgIpc) is 2.45. The van der Waals surface area contributed by atoms with Crippen LogP contribution in [-0.2, 0) is 0 Å². The molecule has 0 N–H and O–H groups in total. The normalized spacial score (nSPS) is 12.3. The van der Waals surface area contributed by atoms with E-state index in [0.29, 0.717) is 10.0 Å². The third kappa shape index (κ3) is 2.10. The van der Waals surface area contributed by atoms with E-state index < -0.39 is 0 Å². The van der Waals surface area contributed by atoms with Crippen LogP contribution >= 0.6 is 69.6 Å². The number of hydrogen-bond acceptors (Lipinski definition) is 2. The maximum Gasteiger partial charge on any atom is 0.191 e. The van der Waals surface area contributed by atoms with Gasteiger partial charge in [0.05, 0.1) is 20.1 Å². The molecule has 0 aliphatic carbocycles. The lowest BCUT2D eigenvalue weighted by molar-refractivity contribution is 0.360. The number of ether oxygens (including phenoxy) is 2. The molecule has 0 fully saturated rings. The van der Waals surface area contributed by atoms with E-state index in [4.69, 9.17) is 79.1 Å². The Labute approximate surface area is 144 Å². The van der Waals surface area contributed by atoms with E-state index in [0.717, 1.165) is 0 Å². The van der Waals surface area contributed by atoms with Crippen LogP contribution in [0.2, 0.25) is 30.1 Å². The van der Waals surface area contributed by atoms with Gasteiger partial charge >= 0.3 is 0 Å². The minimum atomic E-state index is 0.0716. The number of hydrogen-bond donors (Lipinski definition) is 0. The van der Waals surface area contributed by atoms with E-state index >= 15 is 0 Å². The summed E-state index contributed by atoms with van der Waals surface area (Å²) in [7, 11) is 0. The largest absolute Gasteiger partial charge is 0.446 e. The van der Waals surface area contributed by atoms with Gasteiger partial charge in [-0.1, -0.05) is 69.6 Å². The lowest BCUT2D eigenvalue weighted by Gasteiger charge is -2.24. The Hall–Kier alpha value is -0.220. The summed E-state index contributed by atoms with van der Waals surface area (Å²) in [5.74, 6) is 0.761. The number of halogens is 6. The first kappa shape index (κ1) is 14.7. The van der Waals surface area contributed by atoms with Gasteiger partial charge in [-0.15, -0.1) is 0 Å². The zero-order chi connectivity index (χ0) is 14.6. The van der Waals surface area contributed by atoms with Crippen molar-refractivity contribution in [1.82, 2.24) is 0 Å². The topological polar surface area (TPSA) is 18.5 Å². The molecule has 2 aromatic carbocycles. The zero-order valence-electron chi connectivity index (χ0n) is 9.24. The second-order valence-electron chi connectivity index (χ2n) is 3.81. The van der Waals surface area contributed by atoms with Crippen LogP contribution in [0.1, 0.15) is 0 Å². The van der Waals surface area contributed by atoms with Crippen molar-refractivity contribution in [2.45, 2.75) is 0 Å². The Balaban J connectivity index is 2.28. The van der Waals surface area contributed by atoms with Gasteiger partial charge in [-0.3, -0.25) is 0 Å². The molecule has 0 amide bonds. The van der Waals surface area contributed by atoms with Crippen LogP contribution < -0.4 is 9.47 Å². The van der Waals surface area contributed by atoms with E-state index in [-0.39, 0.29) is 43.1 Å². The van der Waals surface area contributed by atoms with Gasteiger partial charge in [0.15, 0.2) is 23.0 Å². The minimum Gasteiger partial charge on any atom is -0.446 e. The molecular weight excluding hydrogens is 389 g/mol. The minimum absolute atomic E-state index is 0.0716. The highest BCUT2D eigenvalue weighted by atomic mass is 35.5. The molecule has 0 saturated heterocycles. The second-order valence-corrected chi connectivity index (χ2v) is 6.13. The van der Waals surface area contributed by atoms with Crippen LogP contribution in [0.25, 0.3) is 0 Å². The molecule has 0 radical (unpaired) electrons. The lowest BCUT2D eigenvalue weighted by atomic mass is 10.2. The first-order valence-corrected chi connectivity index (χ1v) is 7.38. The van der Waals surface area contributed by atoms with Gasteiger partial charge in [-0.05, 0) is 12.1 Å². The summed E-state index contributed by atoms with van der Waals surface area (Å²) in [6, 6.07) is 3.15. The van der Waals surface area contributed by atoms with E-state index in [1.165, 1.54) is 0 Å². The van der Waals surface area contributed by atoms with E-state index in [2.05, 4.69) is 0 Å². The van der Waals surface area contributed by atoms with Crippen molar-refractivity contribution < 1.29 is 9.47 Å². The molecule has 0 spiro atoms. The molecule has 2 nitrogen and oxygen atoms in total. The fourth-order valence-corrected chi connectivity index (χ4v) is 2.95. The van der Waals surface area contributed by atoms with E-state index in [1.54, 1.807) is 12.1 Å². The summed E-state index contributed by atoms with van der Waals surface area (Å²) in [6.45, 7) is 0. The Bertz CT molecular complexity index is 682. The van der Waals surface area contributed by atoms with Crippen LogP contribution in [-0.4, -0.2) is 0 Å². The van der Waals surface area contributed by atoms with E-state index in [9.17, 15) is 0 Å². The van der Waals surface area contributed by atoms with Crippen LogP contribution in [0.15, 0.2) is 12.1 Å². The predicted molar refractivity (Wildman–Crippen MR) is 83.1 cm³/mol. The molecule has 1 heterocycles. The van der Waals surface area contributed by atoms with Gasteiger partial charge in [-0.2, -0.15) is 0 Å². The molecule has 1 aliphatic rings. The Morgan fingerprint density at radius 2 is 0.850 bits per heavy atom.